The third-order valence-corrected chi connectivity index (χ3v) is 5.75. The number of amides is 1. The van der Waals surface area contributed by atoms with Crippen LogP contribution in [0.1, 0.15) is 21.9 Å². The Balaban J connectivity index is 1.72. The number of hydrogen-bond donors (Lipinski definition) is 2. The minimum absolute atomic E-state index is 0.0586. The molecule has 132 valence electrons. The molecule has 0 radical (unpaired) electrons. The first kappa shape index (κ1) is 17.0. The Morgan fingerprint density at radius 3 is 2.85 bits per heavy atom. The summed E-state index contributed by atoms with van der Waals surface area (Å²) in [7, 11) is 0. The molecule has 7 heteroatoms. The van der Waals surface area contributed by atoms with Gasteiger partial charge in [-0.05, 0) is 35.4 Å². The number of phenolic OH excluding ortho intramolecular Hbond substituents is 1. The molecule has 26 heavy (non-hydrogen) atoms. The van der Waals surface area contributed by atoms with E-state index < -0.39 is 0 Å². The fourth-order valence-electron chi connectivity index (χ4n) is 2.99. The molecule has 0 spiro atoms. The van der Waals surface area contributed by atoms with Gasteiger partial charge in [-0.25, -0.2) is 4.68 Å². The van der Waals surface area contributed by atoms with Crippen LogP contribution in [0.5, 0.6) is 5.75 Å². The zero-order valence-electron chi connectivity index (χ0n) is 13.7. The smallest absolute Gasteiger partial charge is 0.235 e. The van der Waals surface area contributed by atoms with E-state index in [4.69, 9.17) is 11.6 Å². The van der Waals surface area contributed by atoms with Crippen LogP contribution in [0.25, 0.3) is 0 Å². The molecular weight excluding hydrogens is 370 g/mol. The molecule has 0 bridgehead atoms. The second kappa shape index (κ2) is 7.05. The van der Waals surface area contributed by atoms with Crippen LogP contribution in [-0.2, 0) is 11.3 Å². The highest BCUT2D eigenvalue weighted by Gasteiger charge is 2.27. The Morgan fingerprint density at radius 2 is 2.08 bits per heavy atom. The van der Waals surface area contributed by atoms with Crippen molar-refractivity contribution in [3.8, 4) is 5.75 Å². The molecule has 1 atom stereocenters. The number of hydrogen-bond acceptors (Lipinski definition) is 4. The second-order valence-electron chi connectivity index (χ2n) is 6.07. The molecule has 2 heterocycles. The Bertz CT molecular complexity index is 956. The Hall–Kier alpha value is -2.44. The number of nitrogens with zero attached hydrogens (tertiary/aromatic N) is 2. The highest BCUT2D eigenvalue weighted by atomic mass is 35.5. The van der Waals surface area contributed by atoms with Crippen LogP contribution in [0.15, 0.2) is 54.7 Å². The molecule has 1 aliphatic heterocycles. The summed E-state index contributed by atoms with van der Waals surface area (Å²) in [6.45, 7) is 0.532. The fourth-order valence-corrected chi connectivity index (χ4v) is 4.20. The van der Waals surface area contributed by atoms with Gasteiger partial charge in [-0.3, -0.25) is 4.79 Å². The van der Waals surface area contributed by atoms with Crippen molar-refractivity contribution in [2.45, 2.75) is 11.8 Å². The monoisotopic (exact) mass is 385 g/mol. The summed E-state index contributed by atoms with van der Waals surface area (Å²) in [4.78, 5) is 12.2. The number of benzene rings is 2. The summed E-state index contributed by atoms with van der Waals surface area (Å²) in [5.41, 5.74) is 2.92. The molecule has 0 aliphatic carbocycles. The van der Waals surface area contributed by atoms with Crippen molar-refractivity contribution >= 4 is 35.1 Å². The Labute approximate surface area is 160 Å². The first-order chi connectivity index (χ1) is 12.6. The zero-order chi connectivity index (χ0) is 18.1. The third kappa shape index (κ3) is 3.43. The molecule has 4 rings (SSSR count). The molecule has 2 N–H and O–H groups in total. The first-order valence-electron chi connectivity index (χ1n) is 8.10. The van der Waals surface area contributed by atoms with Crippen LogP contribution in [-0.4, -0.2) is 26.5 Å². The molecule has 2 aromatic carbocycles. The highest BCUT2D eigenvalue weighted by Crippen LogP contribution is 2.42. The minimum atomic E-state index is -0.0741. The van der Waals surface area contributed by atoms with Crippen molar-refractivity contribution in [1.29, 1.82) is 0 Å². The SMILES string of the molecule is O=C1CSC(c2cccc(O)c2)c2cnn(Cc3ccc(Cl)cc3)c2N1. The number of fused-ring (bicyclic) bond motifs is 1. The number of halogens is 1. The second-order valence-corrected chi connectivity index (χ2v) is 7.60. The lowest BCUT2D eigenvalue weighted by Gasteiger charge is -2.14. The highest BCUT2D eigenvalue weighted by molar-refractivity contribution is 8.00. The first-order valence-corrected chi connectivity index (χ1v) is 9.53. The number of aromatic nitrogens is 2. The lowest BCUT2D eigenvalue weighted by Crippen LogP contribution is -2.16. The number of anilines is 1. The topological polar surface area (TPSA) is 67.1 Å². The lowest BCUT2D eigenvalue weighted by atomic mass is 10.1. The van der Waals surface area contributed by atoms with Gasteiger partial charge in [0.2, 0.25) is 5.91 Å². The van der Waals surface area contributed by atoms with Crippen molar-refractivity contribution in [2.75, 3.05) is 11.1 Å². The van der Waals surface area contributed by atoms with E-state index in [1.807, 2.05) is 36.4 Å². The number of thioether (sulfide) groups is 1. The third-order valence-electron chi connectivity index (χ3n) is 4.21. The summed E-state index contributed by atoms with van der Waals surface area (Å²) >= 11 is 7.47. The zero-order valence-corrected chi connectivity index (χ0v) is 15.3. The summed E-state index contributed by atoms with van der Waals surface area (Å²) < 4.78 is 1.79. The maximum Gasteiger partial charge on any atom is 0.235 e. The van der Waals surface area contributed by atoms with Gasteiger partial charge >= 0.3 is 0 Å². The predicted octanol–water partition coefficient (Wildman–Crippen LogP) is 4.07. The van der Waals surface area contributed by atoms with E-state index in [2.05, 4.69) is 10.4 Å². The van der Waals surface area contributed by atoms with E-state index in [0.29, 0.717) is 23.1 Å². The van der Waals surface area contributed by atoms with E-state index in [9.17, 15) is 9.90 Å². The number of rotatable bonds is 3. The van der Waals surface area contributed by atoms with Crippen molar-refractivity contribution in [2.24, 2.45) is 0 Å². The molecule has 0 saturated heterocycles. The number of aromatic hydroxyl groups is 1. The minimum Gasteiger partial charge on any atom is -0.508 e. The van der Waals surface area contributed by atoms with Gasteiger partial charge in [-0.1, -0.05) is 35.9 Å². The lowest BCUT2D eigenvalue weighted by molar-refractivity contribution is -0.113. The average Bonchev–Trinajstić information content (AvgIpc) is 2.91. The maximum absolute atomic E-state index is 12.2. The summed E-state index contributed by atoms with van der Waals surface area (Å²) in [5, 5.41) is 17.9. The van der Waals surface area contributed by atoms with Gasteiger partial charge in [0, 0.05) is 10.6 Å². The summed E-state index contributed by atoms with van der Waals surface area (Å²) in [6.07, 6.45) is 1.79. The van der Waals surface area contributed by atoms with Gasteiger partial charge < -0.3 is 10.4 Å². The molecular formula is C19H16ClN3O2S. The van der Waals surface area contributed by atoms with Crippen LogP contribution in [0, 0.1) is 0 Å². The van der Waals surface area contributed by atoms with Crippen molar-refractivity contribution in [3.63, 3.8) is 0 Å². The number of nitrogens with one attached hydrogen (secondary N) is 1. The molecule has 0 fully saturated rings. The molecule has 1 amide bonds. The van der Waals surface area contributed by atoms with E-state index >= 15 is 0 Å². The largest absolute Gasteiger partial charge is 0.508 e. The average molecular weight is 386 g/mol. The quantitative estimate of drug-likeness (QED) is 0.713. The van der Waals surface area contributed by atoms with Crippen LogP contribution >= 0.6 is 23.4 Å². The van der Waals surface area contributed by atoms with Crippen LogP contribution < -0.4 is 5.32 Å². The molecule has 1 unspecified atom stereocenters. The van der Waals surface area contributed by atoms with Crippen LogP contribution in [0.2, 0.25) is 5.02 Å². The molecule has 0 saturated carbocycles. The normalized spacial score (nSPS) is 16.7. The molecule has 5 nitrogen and oxygen atoms in total. The van der Waals surface area contributed by atoms with Crippen LogP contribution in [0.3, 0.4) is 0 Å². The van der Waals surface area contributed by atoms with E-state index in [1.165, 1.54) is 11.8 Å². The van der Waals surface area contributed by atoms with Gasteiger partial charge in [0.05, 0.1) is 23.7 Å². The van der Waals surface area contributed by atoms with Crippen LogP contribution in [0.4, 0.5) is 5.82 Å². The Kier molecular flexibility index (Phi) is 4.61. The fraction of sp³-hybridized carbons (Fsp3) is 0.158. The maximum atomic E-state index is 12.2. The molecule has 1 aromatic heterocycles. The van der Waals surface area contributed by atoms with Crippen molar-refractivity contribution in [3.05, 3.63) is 76.4 Å². The predicted molar refractivity (Wildman–Crippen MR) is 104 cm³/mol. The van der Waals surface area contributed by atoms with E-state index in [-0.39, 0.29) is 16.9 Å². The Morgan fingerprint density at radius 1 is 1.27 bits per heavy atom. The summed E-state index contributed by atoms with van der Waals surface area (Å²) in [6, 6.07) is 14.7. The van der Waals surface area contributed by atoms with Gasteiger partial charge in [0.1, 0.15) is 11.6 Å². The van der Waals surface area contributed by atoms with Gasteiger partial charge in [0.15, 0.2) is 0 Å². The standard InChI is InChI=1S/C19H16ClN3O2S/c20-14-6-4-12(5-7-14)10-23-19-16(9-21-23)18(26-11-17(25)22-19)13-2-1-3-15(24)8-13/h1-9,18,24H,10-11H2,(H,22,25). The number of carbonyl (C=O) groups is 1. The van der Waals surface area contributed by atoms with Gasteiger partial charge in [0.25, 0.3) is 0 Å². The number of carbonyl (C=O) groups excluding carboxylic acids is 1. The van der Waals surface area contributed by atoms with Gasteiger partial charge in [-0.15, -0.1) is 11.8 Å². The van der Waals surface area contributed by atoms with Gasteiger partial charge in [-0.2, -0.15) is 5.10 Å². The van der Waals surface area contributed by atoms with E-state index in [1.54, 1.807) is 23.0 Å². The van der Waals surface area contributed by atoms with Crippen molar-refractivity contribution < 1.29 is 9.90 Å². The molecule has 1 aliphatic rings. The van der Waals surface area contributed by atoms with Crippen molar-refractivity contribution in [1.82, 2.24) is 9.78 Å². The van der Waals surface area contributed by atoms with E-state index in [0.717, 1.165) is 16.7 Å². The molecule has 3 aromatic rings. The summed E-state index contributed by atoms with van der Waals surface area (Å²) in [5.74, 6) is 1.19. The number of phenols is 1.